The first-order valence-corrected chi connectivity index (χ1v) is 6.49. The normalized spacial score (nSPS) is 13.1. The van der Waals surface area contributed by atoms with Crippen molar-refractivity contribution < 1.29 is 0 Å². The summed E-state index contributed by atoms with van der Waals surface area (Å²) < 4.78 is 0. The van der Waals surface area contributed by atoms with E-state index >= 15 is 0 Å². The molecule has 0 aromatic heterocycles. The second-order valence-corrected chi connectivity index (χ2v) is 7.25. The van der Waals surface area contributed by atoms with E-state index in [0.717, 1.165) is 6.42 Å². The second kappa shape index (κ2) is 4.94. The van der Waals surface area contributed by atoms with E-state index in [-0.39, 0.29) is 0 Å². The molecule has 0 fully saturated rings. The van der Waals surface area contributed by atoms with E-state index in [1.54, 1.807) is 0 Å². The maximum atomic E-state index is 3.86. The summed E-state index contributed by atoms with van der Waals surface area (Å²) >= 11 is 0. The van der Waals surface area contributed by atoms with Gasteiger partial charge in [-0.25, -0.2) is 0 Å². The largest absolute Gasteiger partial charge is 0.127 e. The van der Waals surface area contributed by atoms with Gasteiger partial charge < -0.3 is 0 Å². The fourth-order valence-corrected chi connectivity index (χ4v) is 3.59. The van der Waals surface area contributed by atoms with E-state index in [9.17, 15) is 0 Å². The first-order valence-electron chi connectivity index (χ1n) is 4.18. The zero-order chi connectivity index (χ0) is 9.61. The molecule has 0 saturated carbocycles. The van der Waals surface area contributed by atoms with E-state index in [1.807, 2.05) is 23.2 Å². The van der Waals surface area contributed by atoms with Gasteiger partial charge in [0, 0.05) is 0 Å². The molecule has 0 saturated heterocycles. The summed E-state index contributed by atoms with van der Waals surface area (Å²) in [6.45, 7) is 17.5. The van der Waals surface area contributed by atoms with Crippen LogP contribution < -0.4 is 0 Å². The van der Waals surface area contributed by atoms with Gasteiger partial charge in [0.2, 0.25) is 0 Å². The van der Waals surface area contributed by atoms with Crippen LogP contribution >= 0.6 is 0 Å². The Labute approximate surface area is 77.0 Å². The predicted molar refractivity (Wildman–Crippen MR) is 60.6 cm³/mol. The summed E-state index contributed by atoms with van der Waals surface area (Å²) in [4.78, 5) is 0. The molecule has 0 aromatic rings. The van der Waals surface area contributed by atoms with Gasteiger partial charge >= 0.3 is 0 Å². The van der Waals surface area contributed by atoms with Gasteiger partial charge in [-0.2, -0.15) is 0 Å². The van der Waals surface area contributed by atoms with Crippen LogP contribution in [0.2, 0.25) is 5.54 Å². The fourth-order valence-electron chi connectivity index (χ4n) is 1.31. The standard InChI is InChI=1S/C11H18Si/c1-6-10-11(5)12(7-2,8-3)9-4/h6-9,11H,1-4,10H2,5H3. The maximum Gasteiger partial charge on any atom is 0.127 e. The first kappa shape index (κ1) is 11.2. The van der Waals surface area contributed by atoms with E-state index in [4.69, 9.17) is 0 Å². The first-order chi connectivity index (χ1) is 5.66. The van der Waals surface area contributed by atoms with E-state index in [1.165, 1.54) is 0 Å². The van der Waals surface area contributed by atoms with Crippen molar-refractivity contribution in [2.24, 2.45) is 0 Å². The van der Waals surface area contributed by atoms with Crippen molar-refractivity contribution in [2.45, 2.75) is 18.9 Å². The Bertz CT molecular complexity index is 169. The average molecular weight is 178 g/mol. The van der Waals surface area contributed by atoms with Crippen molar-refractivity contribution in [1.29, 1.82) is 0 Å². The highest BCUT2D eigenvalue weighted by Crippen LogP contribution is 2.27. The molecule has 0 bridgehead atoms. The highest BCUT2D eigenvalue weighted by Gasteiger charge is 2.28. The lowest BCUT2D eigenvalue weighted by Gasteiger charge is -2.26. The lowest BCUT2D eigenvalue weighted by molar-refractivity contribution is 0.923. The molecule has 0 aliphatic rings. The molecule has 0 rings (SSSR count). The molecule has 66 valence electrons. The lowest BCUT2D eigenvalue weighted by atomic mass is 10.3. The van der Waals surface area contributed by atoms with Gasteiger partial charge in [0.25, 0.3) is 0 Å². The summed E-state index contributed by atoms with van der Waals surface area (Å²) in [5.41, 5.74) is 6.66. The molecule has 0 spiro atoms. The van der Waals surface area contributed by atoms with Gasteiger partial charge in [0.1, 0.15) is 8.07 Å². The van der Waals surface area contributed by atoms with E-state index in [0.29, 0.717) is 5.54 Å². The molecule has 0 aliphatic heterocycles. The maximum absolute atomic E-state index is 3.86. The summed E-state index contributed by atoms with van der Waals surface area (Å²) in [7, 11) is -1.62. The zero-order valence-electron chi connectivity index (χ0n) is 7.92. The van der Waals surface area contributed by atoms with Crippen LogP contribution in [-0.2, 0) is 0 Å². The minimum Gasteiger partial charge on any atom is -0.106 e. The average Bonchev–Trinajstić information content (AvgIpc) is 2.09. The van der Waals surface area contributed by atoms with Gasteiger partial charge in [0.15, 0.2) is 0 Å². The van der Waals surface area contributed by atoms with Crippen LogP contribution in [0, 0.1) is 0 Å². The van der Waals surface area contributed by atoms with Gasteiger partial charge in [-0.15, -0.1) is 26.3 Å². The molecule has 0 aliphatic carbocycles. The van der Waals surface area contributed by atoms with Crippen molar-refractivity contribution in [3.05, 3.63) is 49.5 Å². The van der Waals surface area contributed by atoms with Crippen molar-refractivity contribution in [3.8, 4) is 0 Å². The molecule has 0 amide bonds. The predicted octanol–water partition coefficient (Wildman–Crippen LogP) is 3.58. The van der Waals surface area contributed by atoms with Crippen molar-refractivity contribution >= 4 is 8.07 Å². The summed E-state index contributed by atoms with van der Waals surface area (Å²) in [5, 5.41) is 0. The van der Waals surface area contributed by atoms with E-state index < -0.39 is 8.07 Å². The minimum absolute atomic E-state index is 0.572. The molecular formula is C11H18Si. The van der Waals surface area contributed by atoms with Gasteiger partial charge in [0.05, 0.1) is 0 Å². The van der Waals surface area contributed by atoms with Gasteiger partial charge in [-0.3, -0.25) is 0 Å². The van der Waals surface area contributed by atoms with Crippen LogP contribution in [0.15, 0.2) is 49.5 Å². The Morgan fingerprint density at radius 3 is 1.75 bits per heavy atom. The highest BCUT2D eigenvalue weighted by atomic mass is 28.3. The summed E-state index contributed by atoms with van der Waals surface area (Å²) in [5.74, 6) is 0. The molecule has 0 aromatic carbocycles. The zero-order valence-corrected chi connectivity index (χ0v) is 8.92. The van der Waals surface area contributed by atoms with Crippen molar-refractivity contribution in [1.82, 2.24) is 0 Å². The van der Waals surface area contributed by atoms with Crippen LogP contribution in [0.3, 0.4) is 0 Å². The molecular weight excluding hydrogens is 160 g/mol. The van der Waals surface area contributed by atoms with Gasteiger partial charge in [-0.05, 0) is 12.0 Å². The molecule has 0 radical (unpaired) electrons. The molecule has 0 nitrogen and oxygen atoms in total. The summed E-state index contributed by atoms with van der Waals surface area (Å²) in [6, 6.07) is 0. The molecule has 1 unspecified atom stereocenters. The SMILES string of the molecule is C=CCC(C)[Si](C=C)(C=C)C=C. The Morgan fingerprint density at radius 2 is 1.50 bits per heavy atom. The molecule has 12 heavy (non-hydrogen) atoms. The Morgan fingerprint density at radius 1 is 1.08 bits per heavy atom. The smallest absolute Gasteiger partial charge is 0.106 e. The minimum atomic E-state index is -1.62. The highest BCUT2D eigenvalue weighted by molar-refractivity contribution is 6.94. The Kier molecular flexibility index (Phi) is 4.60. The van der Waals surface area contributed by atoms with Crippen LogP contribution in [-0.4, -0.2) is 8.07 Å². The monoisotopic (exact) mass is 178 g/mol. The fraction of sp³-hybridized carbons (Fsp3) is 0.273. The van der Waals surface area contributed by atoms with Crippen molar-refractivity contribution in [2.75, 3.05) is 0 Å². The van der Waals surface area contributed by atoms with Crippen LogP contribution in [0.5, 0.6) is 0 Å². The number of allylic oxidation sites excluding steroid dienone is 1. The third kappa shape index (κ3) is 2.08. The Hall–Kier alpha value is -0.823. The molecule has 1 heteroatoms. The van der Waals surface area contributed by atoms with Crippen LogP contribution in [0.4, 0.5) is 0 Å². The summed E-state index contributed by atoms with van der Waals surface area (Å²) in [6.07, 6.45) is 2.96. The number of hydrogen-bond donors (Lipinski definition) is 0. The Balaban J connectivity index is 4.68. The topological polar surface area (TPSA) is 0 Å². The molecule has 0 N–H and O–H groups in total. The third-order valence-electron chi connectivity index (χ3n) is 2.43. The third-order valence-corrected chi connectivity index (χ3v) is 6.50. The van der Waals surface area contributed by atoms with Crippen LogP contribution in [0.1, 0.15) is 13.3 Å². The number of hydrogen-bond acceptors (Lipinski definition) is 0. The lowest BCUT2D eigenvalue weighted by Crippen LogP contribution is -2.32. The molecule has 1 atom stereocenters. The van der Waals surface area contributed by atoms with E-state index in [2.05, 4.69) is 33.2 Å². The number of rotatable bonds is 6. The van der Waals surface area contributed by atoms with Crippen LogP contribution in [0.25, 0.3) is 0 Å². The van der Waals surface area contributed by atoms with Gasteiger partial charge in [-0.1, -0.05) is 30.1 Å². The van der Waals surface area contributed by atoms with Crippen molar-refractivity contribution in [3.63, 3.8) is 0 Å². The molecule has 0 heterocycles. The second-order valence-electron chi connectivity index (χ2n) is 3.04. The quantitative estimate of drug-likeness (QED) is 0.431.